The van der Waals surface area contributed by atoms with Gasteiger partial charge in [-0.2, -0.15) is 0 Å². The zero-order chi connectivity index (χ0) is 35.6. The third-order valence-corrected chi connectivity index (χ3v) is 12.2. The number of thiophene rings is 1. The predicted molar refractivity (Wildman–Crippen MR) is 232 cm³/mol. The molecule has 0 saturated heterocycles. The fourth-order valence-corrected chi connectivity index (χ4v) is 9.42. The Morgan fingerprint density at radius 2 is 0.870 bits per heavy atom. The number of rotatable bonds is 6. The molecule has 2 heteroatoms. The average molecular weight is 704 g/mol. The Morgan fingerprint density at radius 3 is 1.65 bits per heavy atom. The van der Waals surface area contributed by atoms with E-state index in [1.54, 1.807) is 0 Å². The second-order valence-corrected chi connectivity index (χ2v) is 15.2. The molecule has 0 bridgehead atoms. The van der Waals surface area contributed by atoms with Gasteiger partial charge < -0.3 is 4.90 Å². The van der Waals surface area contributed by atoms with Crippen LogP contribution in [0.15, 0.2) is 200 Å². The Balaban J connectivity index is 1.01. The van der Waals surface area contributed by atoms with Gasteiger partial charge in [0, 0.05) is 26.8 Å². The minimum Gasteiger partial charge on any atom is -0.310 e. The van der Waals surface area contributed by atoms with E-state index in [0.29, 0.717) is 0 Å². The van der Waals surface area contributed by atoms with E-state index in [2.05, 4.69) is 205 Å². The molecule has 11 rings (SSSR count). The molecule has 0 amide bonds. The first-order chi connectivity index (χ1) is 26.7. The van der Waals surface area contributed by atoms with Crippen LogP contribution in [-0.2, 0) is 0 Å². The van der Waals surface area contributed by atoms with Crippen LogP contribution in [0.4, 0.5) is 17.1 Å². The Labute approximate surface area is 318 Å². The summed E-state index contributed by atoms with van der Waals surface area (Å²) in [6.45, 7) is 0. The highest BCUT2D eigenvalue weighted by molar-refractivity contribution is 7.18. The maximum Gasteiger partial charge on any atom is 0.0474 e. The summed E-state index contributed by atoms with van der Waals surface area (Å²) < 4.78 is 0. The highest BCUT2D eigenvalue weighted by atomic mass is 32.1. The molecular weight excluding hydrogens is 671 g/mol. The Kier molecular flexibility index (Phi) is 7.11. The van der Waals surface area contributed by atoms with Crippen LogP contribution in [0.5, 0.6) is 0 Å². The van der Waals surface area contributed by atoms with E-state index < -0.39 is 0 Å². The minimum absolute atomic E-state index is 1.12. The lowest BCUT2D eigenvalue weighted by Gasteiger charge is -2.27. The van der Waals surface area contributed by atoms with Crippen molar-refractivity contribution in [1.29, 1.82) is 0 Å². The van der Waals surface area contributed by atoms with Gasteiger partial charge in [-0.3, -0.25) is 0 Å². The normalized spacial score (nSPS) is 11.7. The van der Waals surface area contributed by atoms with Gasteiger partial charge >= 0.3 is 0 Å². The standard InChI is InChI=1S/C52H33NS/c1-2-10-36(11-3-1)50-29-30-51(54-50)37-21-26-42(27-22-37)53(43-32-40-12-8-16-48-46-14-6-7-15-47(46)49(33-43)52(40)48)41-24-19-34(20-25-41)38-23-28-45-39(31-38)18-17-35-9-4-5-13-44(35)45/h1-33H. The zero-order valence-corrected chi connectivity index (χ0v) is 30.2. The van der Waals surface area contributed by atoms with E-state index in [1.165, 1.54) is 86.6 Å². The van der Waals surface area contributed by atoms with Crippen molar-refractivity contribution in [2.45, 2.75) is 0 Å². The Hall–Kier alpha value is -6.74. The van der Waals surface area contributed by atoms with Crippen molar-refractivity contribution in [2.75, 3.05) is 4.90 Å². The Morgan fingerprint density at radius 1 is 0.296 bits per heavy atom. The average Bonchev–Trinajstić information content (AvgIpc) is 3.86. The smallest absolute Gasteiger partial charge is 0.0474 e. The van der Waals surface area contributed by atoms with Crippen molar-refractivity contribution in [2.24, 2.45) is 0 Å². The van der Waals surface area contributed by atoms with E-state index in [1.807, 2.05) is 11.3 Å². The molecule has 1 aliphatic rings. The molecule has 0 atom stereocenters. The first-order valence-electron chi connectivity index (χ1n) is 18.5. The quantitative estimate of drug-likeness (QED) is 0.156. The summed E-state index contributed by atoms with van der Waals surface area (Å²) in [4.78, 5) is 4.96. The predicted octanol–water partition coefficient (Wildman–Crippen LogP) is 15.3. The van der Waals surface area contributed by atoms with E-state index in [4.69, 9.17) is 0 Å². The lowest BCUT2D eigenvalue weighted by molar-refractivity contribution is 1.29. The fourth-order valence-electron chi connectivity index (χ4n) is 8.40. The number of nitrogens with zero attached hydrogens (tertiary/aromatic N) is 1. The third kappa shape index (κ3) is 5.07. The van der Waals surface area contributed by atoms with Crippen molar-refractivity contribution < 1.29 is 0 Å². The number of fused-ring (bicyclic) bond motifs is 6. The summed E-state index contributed by atoms with van der Waals surface area (Å²) in [7, 11) is 0. The molecule has 1 aliphatic carbocycles. The SMILES string of the molecule is c1ccc(-c2ccc(-c3ccc(N(c4ccc(-c5ccc6c(ccc7ccccc76)c5)cc4)c4cc5c6c(cccc6c4)-c4ccccc4-5)cc3)s2)cc1. The van der Waals surface area contributed by atoms with Crippen LogP contribution >= 0.6 is 11.3 Å². The van der Waals surface area contributed by atoms with Gasteiger partial charge in [0.1, 0.15) is 0 Å². The second-order valence-electron chi connectivity index (χ2n) is 14.1. The first kappa shape index (κ1) is 30.8. The monoisotopic (exact) mass is 703 g/mol. The second kappa shape index (κ2) is 12.4. The first-order valence-corrected chi connectivity index (χ1v) is 19.3. The summed E-state index contributed by atoms with van der Waals surface area (Å²) >= 11 is 1.84. The van der Waals surface area contributed by atoms with Gasteiger partial charge in [0.2, 0.25) is 0 Å². The van der Waals surface area contributed by atoms with E-state index in [0.717, 1.165) is 17.1 Å². The molecule has 0 spiro atoms. The van der Waals surface area contributed by atoms with Gasteiger partial charge in [-0.15, -0.1) is 11.3 Å². The van der Waals surface area contributed by atoms with Crippen LogP contribution in [-0.4, -0.2) is 0 Å². The molecule has 10 aromatic rings. The molecule has 0 fully saturated rings. The van der Waals surface area contributed by atoms with E-state index in [-0.39, 0.29) is 0 Å². The molecule has 0 N–H and O–H groups in total. The van der Waals surface area contributed by atoms with Crippen molar-refractivity contribution in [3.8, 4) is 54.3 Å². The van der Waals surface area contributed by atoms with Gasteiger partial charge in [-0.25, -0.2) is 0 Å². The summed E-state index contributed by atoms with van der Waals surface area (Å²) in [5.74, 6) is 0. The van der Waals surface area contributed by atoms with Gasteiger partial charge in [0.25, 0.3) is 0 Å². The molecular formula is C52H33NS. The van der Waals surface area contributed by atoms with Crippen molar-refractivity contribution in [3.05, 3.63) is 200 Å². The molecule has 0 saturated carbocycles. The lowest BCUT2D eigenvalue weighted by Crippen LogP contribution is -2.10. The van der Waals surface area contributed by atoms with Gasteiger partial charge in [0.15, 0.2) is 0 Å². The molecule has 0 radical (unpaired) electrons. The van der Waals surface area contributed by atoms with Gasteiger partial charge in [0.05, 0.1) is 0 Å². The van der Waals surface area contributed by atoms with Crippen LogP contribution < -0.4 is 4.90 Å². The lowest BCUT2D eigenvalue weighted by atomic mass is 9.97. The van der Waals surface area contributed by atoms with Crippen LogP contribution in [0, 0.1) is 0 Å². The highest BCUT2D eigenvalue weighted by Crippen LogP contribution is 2.50. The van der Waals surface area contributed by atoms with Crippen molar-refractivity contribution in [1.82, 2.24) is 0 Å². The maximum absolute atomic E-state index is 2.41. The van der Waals surface area contributed by atoms with E-state index >= 15 is 0 Å². The van der Waals surface area contributed by atoms with Crippen LogP contribution in [0.2, 0.25) is 0 Å². The molecule has 54 heavy (non-hydrogen) atoms. The Bertz CT molecular complexity index is 3030. The van der Waals surface area contributed by atoms with Crippen LogP contribution in [0.1, 0.15) is 0 Å². The largest absolute Gasteiger partial charge is 0.310 e. The number of benzene rings is 9. The number of anilines is 3. The van der Waals surface area contributed by atoms with Crippen molar-refractivity contribution >= 4 is 60.7 Å². The van der Waals surface area contributed by atoms with Gasteiger partial charge in [-0.1, -0.05) is 146 Å². The van der Waals surface area contributed by atoms with E-state index in [9.17, 15) is 0 Å². The molecule has 1 aromatic heterocycles. The summed E-state index contributed by atoms with van der Waals surface area (Å²) in [5.41, 5.74) is 13.5. The van der Waals surface area contributed by atoms with Gasteiger partial charge in [-0.05, 0) is 131 Å². The third-order valence-electron chi connectivity index (χ3n) is 11.0. The highest BCUT2D eigenvalue weighted by Gasteiger charge is 2.24. The fraction of sp³-hybridized carbons (Fsp3) is 0. The maximum atomic E-state index is 2.41. The molecule has 9 aromatic carbocycles. The summed E-state index contributed by atoms with van der Waals surface area (Å²) in [6, 6.07) is 73.5. The summed E-state index contributed by atoms with van der Waals surface area (Å²) in [6.07, 6.45) is 0. The molecule has 1 nitrogen and oxygen atoms in total. The number of hydrogen-bond donors (Lipinski definition) is 0. The molecule has 252 valence electrons. The topological polar surface area (TPSA) is 3.24 Å². The molecule has 0 aliphatic heterocycles. The zero-order valence-electron chi connectivity index (χ0n) is 29.4. The van der Waals surface area contributed by atoms with Crippen molar-refractivity contribution in [3.63, 3.8) is 0 Å². The number of hydrogen-bond acceptors (Lipinski definition) is 2. The molecule has 0 unspecified atom stereocenters. The molecule has 1 heterocycles. The van der Waals surface area contributed by atoms with Crippen LogP contribution in [0.25, 0.3) is 86.6 Å². The minimum atomic E-state index is 1.12. The summed E-state index contributed by atoms with van der Waals surface area (Å²) in [5, 5.41) is 7.70. The van der Waals surface area contributed by atoms with Crippen LogP contribution in [0.3, 0.4) is 0 Å².